The highest BCUT2D eigenvalue weighted by Crippen LogP contribution is 2.17. The van der Waals surface area contributed by atoms with Crippen molar-refractivity contribution in [2.75, 3.05) is 25.0 Å². The molecule has 1 rings (SSSR count). The van der Waals surface area contributed by atoms with Crippen molar-refractivity contribution in [1.29, 1.82) is 0 Å². The van der Waals surface area contributed by atoms with Gasteiger partial charge in [-0.3, -0.25) is 4.79 Å². The minimum Gasteiger partial charge on any atom is -0.494 e. The fraction of sp³-hybridized carbons (Fsp3) is 0.500. The van der Waals surface area contributed by atoms with Gasteiger partial charge in [0.2, 0.25) is 5.91 Å². The van der Waals surface area contributed by atoms with Crippen molar-refractivity contribution >= 4 is 17.6 Å². The maximum absolute atomic E-state index is 11.7. The standard InChI is InChI=1S/C16H25N3O3/c1-12(2)7-10-22-15-6-4-5-14(11-15)19-16(21)18-9-8-17-13(3)20/h4-6,11-12H,7-10H2,1-3H3,(H,17,20)(H2,18,19,21). The summed E-state index contributed by atoms with van der Waals surface area (Å²) in [4.78, 5) is 22.4. The second kappa shape index (κ2) is 9.65. The Labute approximate surface area is 131 Å². The molecule has 3 amide bonds. The molecule has 0 bridgehead atoms. The zero-order valence-corrected chi connectivity index (χ0v) is 13.4. The van der Waals surface area contributed by atoms with Crippen LogP contribution in [0.1, 0.15) is 27.2 Å². The molecule has 0 atom stereocenters. The number of carbonyl (C=O) groups is 2. The maximum Gasteiger partial charge on any atom is 0.319 e. The third kappa shape index (κ3) is 8.14. The van der Waals surface area contributed by atoms with Crippen LogP contribution in [-0.4, -0.2) is 31.6 Å². The minimum atomic E-state index is -0.315. The first-order chi connectivity index (χ1) is 10.5. The molecule has 1 aromatic carbocycles. The van der Waals surface area contributed by atoms with Gasteiger partial charge in [-0.1, -0.05) is 19.9 Å². The Morgan fingerprint density at radius 3 is 2.59 bits per heavy atom. The van der Waals surface area contributed by atoms with Crippen LogP contribution < -0.4 is 20.7 Å². The van der Waals surface area contributed by atoms with Crippen molar-refractivity contribution < 1.29 is 14.3 Å². The second-order valence-electron chi connectivity index (χ2n) is 5.42. The van der Waals surface area contributed by atoms with E-state index in [1.165, 1.54) is 6.92 Å². The molecular formula is C16H25N3O3. The van der Waals surface area contributed by atoms with Crippen LogP contribution >= 0.6 is 0 Å². The van der Waals surface area contributed by atoms with Gasteiger partial charge in [0.1, 0.15) is 5.75 Å². The predicted molar refractivity (Wildman–Crippen MR) is 87.1 cm³/mol. The molecule has 0 radical (unpaired) electrons. The van der Waals surface area contributed by atoms with Crippen LogP contribution in [0.4, 0.5) is 10.5 Å². The Hall–Kier alpha value is -2.24. The van der Waals surface area contributed by atoms with Crippen molar-refractivity contribution in [3.8, 4) is 5.75 Å². The molecule has 0 aliphatic heterocycles. The molecule has 1 aromatic rings. The number of amides is 3. The summed E-state index contributed by atoms with van der Waals surface area (Å²) >= 11 is 0. The second-order valence-corrected chi connectivity index (χ2v) is 5.42. The molecule has 0 unspecified atom stereocenters. The van der Waals surface area contributed by atoms with E-state index in [0.29, 0.717) is 31.3 Å². The van der Waals surface area contributed by atoms with Crippen LogP contribution in [0, 0.1) is 5.92 Å². The van der Waals surface area contributed by atoms with Crippen molar-refractivity contribution in [2.24, 2.45) is 5.92 Å². The Kier molecular flexibility index (Phi) is 7.81. The molecule has 0 aliphatic rings. The first-order valence-corrected chi connectivity index (χ1v) is 7.49. The summed E-state index contributed by atoms with van der Waals surface area (Å²) in [5.74, 6) is 1.21. The lowest BCUT2D eigenvalue weighted by molar-refractivity contribution is -0.118. The Balaban J connectivity index is 2.35. The normalized spacial score (nSPS) is 10.2. The average molecular weight is 307 g/mol. The number of urea groups is 1. The van der Waals surface area contributed by atoms with Gasteiger partial charge in [0.05, 0.1) is 6.61 Å². The molecule has 22 heavy (non-hydrogen) atoms. The summed E-state index contributed by atoms with van der Waals surface area (Å²) in [7, 11) is 0. The average Bonchev–Trinajstić information content (AvgIpc) is 2.43. The fourth-order valence-corrected chi connectivity index (χ4v) is 1.67. The molecule has 122 valence electrons. The first-order valence-electron chi connectivity index (χ1n) is 7.49. The van der Waals surface area contributed by atoms with Crippen molar-refractivity contribution in [3.05, 3.63) is 24.3 Å². The van der Waals surface area contributed by atoms with Gasteiger partial charge in [-0.15, -0.1) is 0 Å². The van der Waals surface area contributed by atoms with E-state index in [9.17, 15) is 9.59 Å². The summed E-state index contributed by atoms with van der Waals surface area (Å²) in [5, 5.41) is 7.99. The highest BCUT2D eigenvalue weighted by Gasteiger charge is 2.03. The molecule has 0 fully saturated rings. The number of ether oxygens (including phenoxy) is 1. The number of hydrogen-bond donors (Lipinski definition) is 3. The molecule has 6 nitrogen and oxygen atoms in total. The SMILES string of the molecule is CC(=O)NCCNC(=O)Nc1cccc(OCCC(C)C)c1. The number of nitrogens with one attached hydrogen (secondary N) is 3. The lowest BCUT2D eigenvalue weighted by Crippen LogP contribution is -2.36. The topological polar surface area (TPSA) is 79.5 Å². The summed E-state index contributed by atoms with van der Waals surface area (Å²) < 4.78 is 5.64. The van der Waals surface area contributed by atoms with Gasteiger partial charge < -0.3 is 20.7 Å². The van der Waals surface area contributed by atoms with Crippen LogP contribution in [0.25, 0.3) is 0 Å². The number of hydrogen-bond acceptors (Lipinski definition) is 3. The highest BCUT2D eigenvalue weighted by atomic mass is 16.5. The largest absolute Gasteiger partial charge is 0.494 e. The van der Waals surface area contributed by atoms with Crippen LogP contribution in [0.5, 0.6) is 5.75 Å². The Bertz CT molecular complexity index is 489. The molecular weight excluding hydrogens is 282 g/mol. The Morgan fingerprint density at radius 2 is 1.91 bits per heavy atom. The maximum atomic E-state index is 11.7. The van der Waals surface area contributed by atoms with Gasteiger partial charge in [-0.25, -0.2) is 4.79 Å². The fourth-order valence-electron chi connectivity index (χ4n) is 1.67. The van der Waals surface area contributed by atoms with Crippen molar-refractivity contribution in [1.82, 2.24) is 10.6 Å². The van der Waals surface area contributed by atoms with E-state index < -0.39 is 0 Å². The van der Waals surface area contributed by atoms with Crippen LogP contribution in [-0.2, 0) is 4.79 Å². The van der Waals surface area contributed by atoms with E-state index >= 15 is 0 Å². The van der Waals surface area contributed by atoms with Gasteiger partial charge in [-0.05, 0) is 24.5 Å². The van der Waals surface area contributed by atoms with Crippen LogP contribution in [0.2, 0.25) is 0 Å². The van der Waals surface area contributed by atoms with E-state index in [0.717, 1.165) is 12.2 Å². The smallest absolute Gasteiger partial charge is 0.319 e. The molecule has 3 N–H and O–H groups in total. The van der Waals surface area contributed by atoms with Crippen LogP contribution in [0.15, 0.2) is 24.3 Å². The molecule has 0 spiro atoms. The molecule has 0 saturated carbocycles. The molecule has 0 saturated heterocycles. The van der Waals surface area contributed by atoms with Gasteiger partial charge in [0.25, 0.3) is 0 Å². The zero-order chi connectivity index (χ0) is 16.4. The molecule has 0 heterocycles. The summed E-state index contributed by atoms with van der Waals surface area (Å²) in [6.07, 6.45) is 0.987. The summed E-state index contributed by atoms with van der Waals surface area (Å²) in [6.45, 7) is 7.16. The van der Waals surface area contributed by atoms with Crippen molar-refractivity contribution in [2.45, 2.75) is 27.2 Å². The lowest BCUT2D eigenvalue weighted by atomic mass is 10.1. The number of carbonyl (C=O) groups excluding carboxylic acids is 2. The summed E-state index contributed by atoms with van der Waals surface area (Å²) in [5.41, 5.74) is 0.666. The Morgan fingerprint density at radius 1 is 1.18 bits per heavy atom. The first kappa shape index (κ1) is 17.8. The van der Waals surface area contributed by atoms with Gasteiger partial charge in [0.15, 0.2) is 0 Å². The lowest BCUT2D eigenvalue weighted by Gasteiger charge is -2.11. The molecule has 0 aliphatic carbocycles. The summed E-state index contributed by atoms with van der Waals surface area (Å²) in [6, 6.07) is 6.96. The number of benzene rings is 1. The third-order valence-electron chi connectivity index (χ3n) is 2.84. The van der Waals surface area contributed by atoms with Gasteiger partial charge >= 0.3 is 6.03 Å². The zero-order valence-electron chi connectivity index (χ0n) is 13.4. The highest BCUT2D eigenvalue weighted by molar-refractivity contribution is 5.89. The van der Waals surface area contributed by atoms with Gasteiger partial charge in [-0.2, -0.15) is 0 Å². The third-order valence-corrected chi connectivity index (χ3v) is 2.84. The van der Waals surface area contributed by atoms with Gasteiger partial charge in [0, 0.05) is 31.8 Å². The van der Waals surface area contributed by atoms with E-state index in [-0.39, 0.29) is 11.9 Å². The van der Waals surface area contributed by atoms with E-state index in [1.54, 1.807) is 12.1 Å². The van der Waals surface area contributed by atoms with E-state index in [2.05, 4.69) is 29.8 Å². The molecule has 6 heteroatoms. The predicted octanol–water partition coefficient (Wildman–Crippen LogP) is 2.37. The van der Waals surface area contributed by atoms with Crippen molar-refractivity contribution in [3.63, 3.8) is 0 Å². The monoisotopic (exact) mass is 307 g/mol. The van der Waals surface area contributed by atoms with E-state index in [1.807, 2.05) is 12.1 Å². The van der Waals surface area contributed by atoms with Crippen LogP contribution in [0.3, 0.4) is 0 Å². The van der Waals surface area contributed by atoms with E-state index in [4.69, 9.17) is 4.74 Å². The number of rotatable bonds is 8. The molecule has 0 aromatic heterocycles. The minimum absolute atomic E-state index is 0.117. The number of anilines is 1. The quantitative estimate of drug-likeness (QED) is 0.645.